The molecule has 0 aliphatic heterocycles. The van der Waals surface area contributed by atoms with Crippen LogP contribution in [-0.4, -0.2) is 0 Å². The molecule has 0 radical (unpaired) electrons. The number of fused-ring (bicyclic) bond motifs is 1. The summed E-state index contributed by atoms with van der Waals surface area (Å²) in [5.41, 5.74) is 0.649. The van der Waals surface area contributed by atoms with Crippen LogP contribution in [0.2, 0.25) is 0 Å². The molecule has 0 aromatic carbocycles. The van der Waals surface area contributed by atoms with E-state index in [1.54, 1.807) is 32.1 Å². The summed E-state index contributed by atoms with van der Waals surface area (Å²) in [5, 5.41) is 0. The van der Waals surface area contributed by atoms with Crippen molar-refractivity contribution in [1.82, 2.24) is 0 Å². The summed E-state index contributed by atoms with van der Waals surface area (Å²) < 4.78 is 0. The third-order valence-corrected chi connectivity index (χ3v) is 6.75. The van der Waals surface area contributed by atoms with Gasteiger partial charge in [-0.1, -0.05) is 58.8 Å². The SMILES string of the molecule is CC1(C)CCC(C2CCCCC2)C2CCCCC21. The van der Waals surface area contributed by atoms with E-state index in [1.165, 1.54) is 38.5 Å². The van der Waals surface area contributed by atoms with Crippen molar-refractivity contribution in [1.29, 1.82) is 0 Å². The Balaban J connectivity index is 1.74. The minimum absolute atomic E-state index is 0.649. The first-order chi connectivity index (χ1) is 8.68. The van der Waals surface area contributed by atoms with Gasteiger partial charge in [0.25, 0.3) is 0 Å². The Labute approximate surface area is 114 Å². The Kier molecular flexibility index (Phi) is 3.74. The number of rotatable bonds is 1. The van der Waals surface area contributed by atoms with Crippen molar-refractivity contribution in [3.63, 3.8) is 0 Å². The van der Waals surface area contributed by atoms with Gasteiger partial charge in [0.05, 0.1) is 0 Å². The second-order valence-electron chi connectivity index (χ2n) is 8.14. The van der Waals surface area contributed by atoms with E-state index >= 15 is 0 Å². The smallest absolute Gasteiger partial charge is 0.0323 e. The van der Waals surface area contributed by atoms with Gasteiger partial charge in [0.15, 0.2) is 0 Å². The normalized spacial score (nSPS) is 41.3. The molecule has 18 heavy (non-hydrogen) atoms. The highest BCUT2D eigenvalue weighted by molar-refractivity contribution is 4.96. The van der Waals surface area contributed by atoms with Crippen molar-refractivity contribution in [2.24, 2.45) is 29.1 Å². The fourth-order valence-corrected chi connectivity index (χ4v) is 5.73. The summed E-state index contributed by atoms with van der Waals surface area (Å²) in [6.45, 7) is 5.13. The van der Waals surface area contributed by atoms with Gasteiger partial charge in [-0.05, 0) is 54.8 Å². The van der Waals surface area contributed by atoms with Gasteiger partial charge in [-0.3, -0.25) is 0 Å². The number of hydrogen-bond acceptors (Lipinski definition) is 0. The van der Waals surface area contributed by atoms with E-state index in [1.807, 2.05) is 0 Å². The zero-order chi connectivity index (χ0) is 12.6. The molecule has 0 amide bonds. The standard InChI is InChI=1S/C18H32/c1-18(2)13-12-15(14-8-4-3-5-9-14)16-10-6-7-11-17(16)18/h14-17H,3-13H2,1-2H3. The maximum atomic E-state index is 2.56. The van der Waals surface area contributed by atoms with Gasteiger partial charge in [0.1, 0.15) is 0 Å². The summed E-state index contributed by atoms with van der Waals surface area (Å²) in [6, 6.07) is 0. The summed E-state index contributed by atoms with van der Waals surface area (Å²) in [6.07, 6.45) is 16.9. The molecule has 3 aliphatic carbocycles. The molecule has 0 heterocycles. The largest absolute Gasteiger partial charge is 0.0596 e. The van der Waals surface area contributed by atoms with Crippen LogP contribution in [-0.2, 0) is 0 Å². The summed E-state index contributed by atoms with van der Waals surface area (Å²) in [4.78, 5) is 0. The van der Waals surface area contributed by atoms with E-state index < -0.39 is 0 Å². The molecule has 3 atom stereocenters. The molecule has 104 valence electrons. The molecule has 3 rings (SSSR count). The molecule has 3 unspecified atom stereocenters. The molecule has 0 N–H and O–H groups in total. The summed E-state index contributed by atoms with van der Waals surface area (Å²) in [7, 11) is 0. The molecule has 3 aliphatic rings. The lowest BCUT2D eigenvalue weighted by Crippen LogP contribution is -2.44. The Morgan fingerprint density at radius 1 is 0.667 bits per heavy atom. The first-order valence-electron chi connectivity index (χ1n) is 8.68. The van der Waals surface area contributed by atoms with E-state index in [4.69, 9.17) is 0 Å². The van der Waals surface area contributed by atoms with Gasteiger partial charge in [0.2, 0.25) is 0 Å². The van der Waals surface area contributed by atoms with Crippen LogP contribution in [0.1, 0.15) is 84.5 Å². The minimum Gasteiger partial charge on any atom is -0.0596 e. The average Bonchev–Trinajstić information content (AvgIpc) is 2.40. The summed E-state index contributed by atoms with van der Waals surface area (Å²) in [5.74, 6) is 4.39. The molecule has 0 aromatic rings. The van der Waals surface area contributed by atoms with Crippen molar-refractivity contribution >= 4 is 0 Å². The lowest BCUT2D eigenvalue weighted by atomic mass is 9.52. The maximum absolute atomic E-state index is 2.56. The molecule has 0 bridgehead atoms. The van der Waals surface area contributed by atoms with E-state index in [9.17, 15) is 0 Å². The van der Waals surface area contributed by atoms with E-state index in [0.29, 0.717) is 5.41 Å². The highest BCUT2D eigenvalue weighted by Gasteiger charge is 2.46. The second kappa shape index (κ2) is 5.17. The molecule has 0 nitrogen and oxygen atoms in total. The highest BCUT2D eigenvalue weighted by Crippen LogP contribution is 2.55. The van der Waals surface area contributed by atoms with Gasteiger partial charge < -0.3 is 0 Å². The second-order valence-corrected chi connectivity index (χ2v) is 8.14. The predicted molar refractivity (Wildman–Crippen MR) is 78.5 cm³/mol. The van der Waals surface area contributed by atoms with E-state index in [2.05, 4.69) is 13.8 Å². The van der Waals surface area contributed by atoms with Crippen LogP contribution in [0.15, 0.2) is 0 Å². The van der Waals surface area contributed by atoms with Crippen molar-refractivity contribution in [3.05, 3.63) is 0 Å². The van der Waals surface area contributed by atoms with Crippen molar-refractivity contribution in [2.75, 3.05) is 0 Å². The Bertz CT molecular complexity index is 272. The van der Waals surface area contributed by atoms with Crippen LogP contribution in [0.3, 0.4) is 0 Å². The predicted octanol–water partition coefficient (Wildman–Crippen LogP) is 5.81. The molecule has 3 fully saturated rings. The van der Waals surface area contributed by atoms with Gasteiger partial charge in [-0.15, -0.1) is 0 Å². The topological polar surface area (TPSA) is 0 Å². The van der Waals surface area contributed by atoms with Gasteiger partial charge in [-0.2, -0.15) is 0 Å². The molecule has 0 heteroatoms. The zero-order valence-electron chi connectivity index (χ0n) is 12.6. The van der Waals surface area contributed by atoms with Crippen LogP contribution in [0.25, 0.3) is 0 Å². The fraction of sp³-hybridized carbons (Fsp3) is 1.00. The van der Waals surface area contributed by atoms with E-state index in [-0.39, 0.29) is 0 Å². The maximum Gasteiger partial charge on any atom is -0.0323 e. The highest BCUT2D eigenvalue weighted by atomic mass is 14.5. The van der Waals surface area contributed by atoms with Gasteiger partial charge in [-0.25, -0.2) is 0 Å². The number of hydrogen-bond donors (Lipinski definition) is 0. The third kappa shape index (κ3) is 2.37. The quantitative estimate of drug-likeness (QED) is 0.549. The first-order valence-corrected chi connectivity index (χ1v) is 8.68. The van der Waals surface area contributed by atoms with Crippen LogP contribution in [0, 0.1) is 29.1 Å². The molecule has 0 saturated heterocycles. The lowest BCUT2D eigenvalue weighted by Gasteiger charge is -2.53. The zero-order valence-corrected chi connectivity index (χ0v) is 12.6. The third-order valence-electron chi connectivity index (χ3n) is 6.75. The van der Waals surface area contributed by atoms with Gasteiger partial charge in [0, 0.05) is 0 Å². The monoisotopic (exact) mass is 248 g/mol. The van der Waals surface area contributed by atoms with Crippen LogP contribution < -0.4 is 0 Å². The van der Waals surface area contributed by atoms with Crippen molar-refractivity contribution < 1.29 is 0 Å². The summed E-state index contributed by atoms with van der Waals surface area (Å²) >= 11 is 0. The lowest BCUT2D eigenvalue weighted by molar-refractivity contribution is -0.0303. The van der Waals surface area contributed by atoms with Crippen LogP contribution in [0.5, 0.6) is 0 Å². The Morgan fingerprint density at radius 3 is 2.11 bits per heavy atom. The first kappa shape index (κ1) is 13.0. The van der Waals surface area contributed by atoms with E-state index in [0.717, 1.165) is 23.7 Å². The molecular formula is C18H32. The molecular weight excluding hydrogens is 216 g/mol. The van der Waals surface area contributed by atoms with Gasteiger partial charge >= 0.3 is 0 Å². The minimum atomic E-state index is 0.649. The van der Waals surface area contributed by atoms with Crippen molar-refractivity contribution in [2.45, 2.75) is 84.5 Å². The van der Waals surface area contributed by atoms with Crippen LogP contribution in [0.4, 0.5) is 0 Å². The average molecular weight is 248 g/mol. The Hall–Kier alpha value is 0. The molecule has 3 saturated carbocycles. The van der Waals surface area contributed by atoms with Crippen molar-refractivity contribution in [3.8, 4) is 0 Å². The molecule has 0 aromatic heterocycles. The Morgan fingerprint density at radius 2 is 1.33 bits per heavy atom. The fourth-order valence-electron chi connectivity index (χ4n) is 5.73. The molecule has 0 spiro atoms. The van der Waals surface area contributed by atoms with Crippen LogP contribution >= 0.6 is 0 Å².